The number of ketones is 1. The average molecular weight is 572 g/mol. The summed E-state index contributed by atoms with van der Waals surface area (Å²) in [5, 5.41) is 0. The average Bonchev–Trinajstić information content (AvgIpc) is 2.97. The lowest BCUT2D eigenvalue weighted by Gasteiger charge is -2.43. The molecule has 0 radical (unpaired) electrons. The number of Topliss-reactive ketones (excluding diaryl/α,β-unsaturated/α-hetero) is 1. The lowest BCUT2D eigenvalue weighted by molar-refractivity contribution is -0.137. The number of aliphatic imine (C=N–C) groups is 1. The summed E-state index contributed by atoms with van der Waals surface area (Å²) in [5.74, 6) is -1.79. The summed E-state index contributed by atoms with van der Waals surface area (Å²) in [6.07, 6.45) is -3.85. The van der Waals surface area contributed by atoms with Crippen molar-refractivity contribution in [2.45, 2.75) is 31.5 Å². The molecule has 0 aromatic heterocycles. The van der Waals surface area contributed by atoms with Crippen molar-refractivity contribution in [3.8, 4) is 5.75 Å². The molecule has 6 nitrogen and oxygen atoms in total. The highest BCUT2D eigenvalue weighted by Crippen LogP contribution is 2.44. The Bertz CT molecular complexity index is 1500. The van der Waals surface area contributed by atoms with Crippen LogP contribution in [0.25, 0.3) is 0 Å². The molecule has 41 heavy (non-hydrogen) atoms. The number of hydrogen-bond donors (Lipinski definition) is 0. The molecule has 3 aromatic rings. The summed E-state index contributed by atoms with van der Waals surface area (Å²) in [5.41, 5.74) is 0.285. The van der Waals surface area contributed by atoms with E-state index in [2.05, 4.69) is 4.99 Å². The summed E-state index contributed by atoms with van der Waals surface area (Å²) in [4.78, 5) is 31.9. The maximum absolute atomic E-state index is 15.1. The minimum atomic E-state index is -4.62. The van der Waals surface area contributed by atoms with Gasteiger partial charge in [-0.25, -0.2) is 13.8 Å². The van der Waals surface area contributed by atoms with Crippen LogP contribution in [0, 0.1) is 17.6 Å². The highest BCUT2D eigenvalue weighted by Gasteiger charge is 2.39. The number of ether oxygens (including phenoxy) is 1. The van der Waals surface area contributed by atoms with Gasteiger partial charge in [0.15, 0.2) is 23.6 Å². The Hall–Kier alpha value is -4.28. The predicted octanol–water partition coefficient (Wildman–Crippen LogP) is 6.66. The number of para-hydroxylation sites is 1. The van der Waals surface area contributed by atoms with Gasteiger partial charge in [-0.15, -0.1) is 0 Å². The van der Waals surface area contributed by atoms with E-state index >= 15 is 4.39 Å². The summed E-state index contributed by atoms with van der Waals surface area (Å²) in [6, 6.07) is 12.5. The molecule has 0 amide bonds. The number of halogens is 5. The Morgan fingerprint density at radius 1 is 1.00 bits per heavy atom. The number of benzene rings is 3. The number of amidine groups is 1. The van der Waals surface area contributed by atoms with Crippen LogP contribution in [0.5, 0.6) is 5.75 Å². The van der Waals surface area contributed by atoms with Crippen molar-refractivity contribution in [2.24, 2.45) is 10.9 Å². The van der Waals surface area contributed by atoms with Crippen molar-refractivity contribution in [3.63, 3.8) is 0 Å². The maximum Gasteiger partial charge on any atom is 0.416 e. The van der Waals surface area contributed by atoms with E-state index in [0.717, 1.165) is 17.8 Å². The Balaban J connectivity index is 1.56. The van der Waals surface area contributed by atoms with Crippen LogP contribution in [0.4, 0.5) is 39.0 Å². The van der Waals surface area contributed by atoms with Gasteiger partial charge in [0.05, 0.1) is 18.7 Å². The third-order valence-electron chi connectivity index (χ3n) is 7.50. The summed E-state index contributed by atoms with van der Waals surface area (Å²) < 4.78 is 75.2. The number of carbonyl (C=O) groups is 2. The van der Waals surface area contributed by atoms with E-state index in [-0.39, 0.29) is 35.7 Å². The highest BCUT2D eigenvalue weighted by molar-refractivity contribution is 6.25. The quantitative estimate of drug-likeness (QED) is 0.180. The van der Waals surface area contributed by atoms with Crippen LogP contribution in [0.3, 0.4) is 0 Å². The van der Waals surface area contributed by atoms with Gasteiger partial charge in [-0.05, 0) is 49.2 Å². The number of fused-ring (bicyclic) bond motifs is 1. The van der Waals surface area contributed by atoms with Crippen molar-refractivity contribution in [2.75, 3.05) is 30.0 Å². The molecule has 0 N–H and O–H groups in total. The molecule has 1 atom stereocenters. The molecular weight excluding hydrogens is 545 g/mol. The van der Waals surface area contributed by atoms with Gasteiger partial charge in [0.1, 0.15) is 17.3 Å². The van der Waals surface area contributed by atoms with Gasteiger partial charge in [-0.1, -0.05) is 18.2 Å². The normalized spacial score (nSPS) is 17.6. The number of piperidine rings is 1. The van der Waals surface area contributed by atoms with Crippen LogP contribution in [-0.2, 0) is 15.8 Å². The van der Waals surface area contributed by atoms with Crippen molar-refractivity contribution < 1.29 is 36.3 Å². The van der Waals surface area contributed by atoms with Gasteiger partial charge in [-0.2, -0.15) is 13.2 Å². The molecule has 11 heteroatoms. The largest absolute Gasteiger partial charge is 0.494 e. The maximum atomic E-state index is 15.1. The van der Waals surface area contributed by atoms with Gasteiger partial charge in [0.25, 0.3) is 0 Å². The molecular formula is C30H26F5N3O3. The fourth-order valence-electron chi connectivity index (χ4n) is 5.50. The molecule has 0 spiro atoms. The van der Waals surface area contributed by atoms with Crippen LogP contribution in [0.2, 0.25) is 0 Å². The Morgan fingerprint density at radius 3 is 2.41 bits per heavy atom. The van der Waals surface area contributed by atoms with Crippen LogP contribution >= 0.6 is 0 Å². The van der Waals surface area contributed by atoms with Gasteiger partial charge in [0.2, 0.25) is 0 Å². The topological polar surface area (TPSA) is 62.2 Å². The minimum absolute atomic E-state index is 0.000116. The summed E-state index contributed by atoms with van der Waals surface area (Å²) >= 11 is 0. The predicted molar refractivity (Wildman–Crippen MR) is 144 cm³/mol. The van der Waals surface area contributed by atoms with Crippen molar-refractivity contribution in [1.82, 2.24) is 0 Å². The molecule has 3 aromatic carbocycles. The van der Waals surface area contributed by atoms with Crippen LogP contribution < -0.4 is 14.5 Å². The van der Waals surface area contributed by atoms with Crippen LogP contribution in [0.15, 0.2) is 65.7 Å². The Morgan fingerprint density at radius 2 is 1.73 bits per heavy atom. The third-order valence-corrected chi connectivity index (χ3v) is 7.50. The van der Waals surface area contributed by atoms with E-state index in [1.54, 1.807) is 23.1 Å². The molecule has 2 aliphatic heterocycles. The van der Waals surface area contributed by atoms with Gasteiger partial charge in [-0.3, -0.25) is 9.59 Å². The Kier molecular flexibility index (Phi) is 7.79. The zero-order valence-electron chi connectivity index (χ0n) is 22.0. The van der Waals surface area contributed by atoms with Crippen molar-refractivity contribution >= 4 is 35.0 Å². The molecule has 214 valence electrons. The number of carbonyl (C=O) groups excluding carboxylic acids is 2. The first-order chi connectivity index (χ1) is 19.6. The van der Waals surface area contributed by atoms with E-state index in [1.165, 1.54) is 37.4 Å². The lowest BCUT2D eigenvalue weighted by atomic mass is 9.88. The number of aldehydes is 1. The second kappa shape index (κ2) is 11.3. The number of anilines is 2. The second-order valence-electron chi connectivity index (χ2n) is 9.95. The number of rotatable bonds is 7. The molecule has 1 fully saturated rings. The van der Waals surface area contributed by atoms with Crippen LogP contribution in [-0.4, -0.2) is 38.1 Å². The first-order valence-corrected chi connectivity index (χ1v) is 13.0. The fraction of sp³-hybridized carbons (Fsp3) is 0.300. The SMILES string of the molecule is COc1cc(N2CCC(C3=Nc4c(F)cccc4C(CC(=O)C=O)N3c3cccc(C(F)(F)F)c3)CC2)ccc1F. The van der Waals surface area contributed by atoms with E-state index in [4.69, 9.17) is 4.74 Å². The third kappa shape index (κ3) is 5.66. The second-order valence-corrected chi connectivity index (χ2v) is 9.95. The lowest BCUT2D eigenvalue weighted by Crippen LogP contribution is -2.46. The zero-order valence-corrected chi connectivity index (χ0v) is 22.0. The van der Waals surface area contributed by atoms with Crippen LogP contribution in [0.1, 0.15) is 36.4 Å². The molecule has 5 rings (SSSR count). The smallest absolute Gasteiger partial charge is 0.416 e. The van der Waals surface area contributed by atoms with Gasteiger partial charge >= 0.3 is 6.18 Å². The highest BCUT2D eigenvalue weighted by atomic mass is 19.4. The van der Waals surface area contributed by atoms with Crippen molar-refractivity contribution in [1.29, 1.82) is 0 Å². The van der Waals surface area contributed by atoms with Gasteiger partial charge < -0.3 is 14.5 Å². The van der Waals surface area contributed by atoms with E-state index in [9.17, 15) is 27.2 Å². The molecule has 1 unspecified atom stereocenters. The zero-order chi connectivity index (χ0) is 29.3. The summed E-state index contributed by atoms with van der Waals surface area (Å²) in [6.45, 7) is 0.994. The number of hydrogen-bond acceptors (Lipinski definition) is 6. The van der Waals surface area contributed by atoms with Crippen molar-refractivity contribution in [3.05, 3.63) is 83.4 Å². The van der Waals surface area contributed by atoms with E-state index in [1.807, 2.05) is 4.90 Å². The molecule has 0 aliphatic carbocycles. The summed E-state index contributed by atoms with van der Waals surface area (Å²) in [7, 11) is 1.38. The van der Waals surface area contributed by atoms with Gasteiger partial charge in [0, 0.05) is 48.4 Å². The van der Waals surface area contributed by atoms with E-state index in [0.29, 0.717) is 37.3 Å². The number of nitrogens with zero attached hydrogens (tertiary/aromatic N) is 3. The molecule has 2 heterocycles. The molecule has 2 aliphatic rings. The standard InChI is InChI=1S/C30H26F5N3O3/c1-41-27-15-20(8-9-24(27)31)37-12-10-18(11-13-37)29-36-28-23(6-3-7-25(28)32)26(16-22(40)17-39)38(29)21-5-2-4-19(14-21)30(33,34)35/h2-9,14-15,17-18,26H,10-13,16H2,1H3. The Labute approximate surface area is 233 Å². The molecule has 0 bridgehead atoms. The molecule has 1 saturated heterocycles. The fourth-order valence-corrected chi connectivity index (χ4v) is 5.50. The van der Waals surface area contributed by atoms with E-state index < -0.39 is 35.2 Å². The molecule has 0 saturated carbocycles. The minimum Gasteiger partial charge on any atom is -0.494 e. The number of methoxy groups -OCH3 is 1. The monoisotopic (exact) mass is 571 g/mol. The number of alkyl halides is 3. The first-order valence-electron chi connectivity index (χ1n) is 13.0. The first kappa shape index (κ1) is 28.3.